The summed E-state index contributed by atoms with van der Waals surface area (Å²) in [4.78, 5) is 57.4. The molecule has 2 aliphatic rings. The summed E-state index contributed by atoms with van der Waals surface area (Å²) in [6, 6.07) is 14.5. The van der Waals surface area contributed by atoms with Crippen molar-refractivity contribution in [3.05, 3.63) is 83.4 Å². The lowest BCUT2D eigenvalue weighted by Crippen LogP contribution is -2.35. The van der Waals surface area contributed by atoms with Crippen LogP contribution in [0.4, 0.5) is 11.4 Å². The van der Waals surface area contributed by atoms with Crippen molar-refractivity contribution in [2.75, 3.05) is 32.7 Å². The first kappa shape index (κ1) is 33.3. The first-order valence-corrected chi connectivity index (χ1v) is 16.2. The van der Waals surface area contributed by atoms with Crippen LogP contribution in [-0.4, -0.2) is 77.2 Å². The van der Waals surface area contributed by atoms with E-state index in [1.807, 2.05) is 41.6 Å². The van der Waals surface area contributed by atoms with Crippen molar-refractivity contribution in [1.82, 2.24) is 14.0 Å². The molecular weight excluding hydrogens is 626 g/mol. The van der Waals surface area contributed by atoms with Gasteiger partial charge in [-0.25, -0.2) is 4.79 Å². The molecule has 4 heterocycles. The number of methoxy groups -OCH3 is 2. The summed E-state index contributed by atoms with van der Waals surface area (Å²) < 4.78 is 19.7. The Hall–Kier alpha value is -5.65. The lowest BCUT2D eigenvalue weighted by molar-refractivity contribution is -0.116. The van der Waals surface area contributed by atoms with Crippen LogP contribution in [0.25, 0.3) is 11.1 Å². The van der Waals surface area contributed by atoms with Gasteiger partial charge in [-0.05, 0) is 48.6 Å². The average Bonchev–Trinajstić information content (AvgIpc) is 3.81. The van der Waals surface area contributed by atoms with E-state index < -0.39 is 5.97 Å². The summed E-state index contributed by atoms with van der Waals surface area (Å²) in [5.41, 5.74) is 5.13. The predicted molar refractivity (Wildman–Crippen MR) is 184 cm³/mol. The first-order chi connectivity index (χ1) is 23.6. The Balaban J connectivity index is 1.00. The number of benzene rings is 2. The largest absolute Gasteiger partial charge is 0.493 e. The summed E-state index contributed by atoms with van der Waals surface area (Å²) in [5.74, 6) is 0.145. The van der Waals surface area contributed by atoms with Crippen molar-refractivity contribution in [2.45, 2.75) is 38.1 Å². The summed E-state index contributed by atoms with van der Waals surface area (Å²) in [6.45, 7) is 0.967. The van der Waals surface area contributed by atoms with Gasteiger partial charge in [0, 0.05) is 63.7 Å². The summed E-state index contributed by atoms with van der Waals surface area (Å²) in [5, 5.41) is 2.87. The Labute approximate surface area is 284 Å². The van der Waals surface area contributed by atoms with Crippen LogP contribution in [0.15, 0.2) is 65.9 Å². The number of nitrogens with one attached hydrogen (secondary N) is 1. The van der Waals surface area contributed by atoms with Gasteiger partial charge in [-0.1, -0.05) is 24.3 Å². The predicted octanol–water partition coefficient (Wildman–Crippen LogP) is 5.37. The molecule has 2 amide bonds. The fourth-order valence-electron chi connectivity index (χ4n) is 6.29. The Morgan fingerprint density at radius 1 is 0.939 bits per heavy atom. The fourth-order valence-corrected chi connectivity index (χ4v) is 6.29. The van der Waals surface area contributed by atoms with Crippen LogP contribution in [0.5, 0.6) is 11.5 Å². The third-order valence-electron chi connectivity index (χ3n) is 8.89. The van der Waals surface area contributed by atoms with Gasteiger partial charge in [0.2, 0.25) is 5.91 Å². The number of hydrogen-bond donors (Lipinski definition) is 1. The standard InChI is InChI=1S/C37H39N5O7/c1-40-21-25(16-31(40)37(46)48-4)24-11-9-23(10-12-24)15-32(43)30-17-26(22-41(30)2)39-35(44)8-6-14-49-34-19-29-28(18-33(34)47-3)36(45)42-13-5-7-27(42)20-38-29/h9-12,16-22,27H,5-8,13-15H2,1-4H3,(H,39,44)/t27-/m0/s1. The van der Waals surface area contributed by atoms with Gasteiger partial charge in [0.25, 0.3) is 5.91 Å². The van der Waals surface area contributed by atoms with Gasteiger partial charge in [-0.15, -0.1) is 0 Å². The van der Waals surface area contributed by atoms with E-state index in [0.717, 1.165) is 29.5 Å². The number of esters is 1. The Morgan fingerprint density at radius 2 is 1.71 bits per heavy atom. The van der Waals surface area contributed by atoms with Gasteiger partial charge in [-0.2, -0.15) is 0 Å². The SMILES string of the molecule is COC(=O)c1cc(-c2ccc(CC(=O)c3cc(NC(=O)CCCOc4cc5c(cc4OC)C(=O)N4CCC[C@H]4C=N5)cn3C)cc2)cn1C. The molecule has 0 radical (unpaired) electrons. The number of ketones is 1. The molecule has 12 nitrogen and oxygen atoms in total. The van der Waals surface area contributed by atoms with E-state index >= 15 is 0 Å². The van der Waals surface area contributed by atoms with Crippen molar-refractivity contribution >= 4 is 41.2 Å². The molecular formula is C37H39N5O7. The van der Waals surface area contributed by atoms with Crippen LogP contribution in [0, 0.1) is 0 Å². The van der Waals surface area contributed by atoms with Crippen LogP contribution in [0.3, 0.4) is 0 Å². The van der Waals surface area contributed by atoms with Gasteiger partial charge in [-0.3, -0.25) is 19.4 Å². The van der Waals surface area contributed by atoms with E-state index in [4.69, 9.17) is 14.2 Å². The highest BCUT2D eigenvalue weighted by molar-refractivity contribution is 6.03. The molecule has 0 saturated carbocycles. The lowest BCUT2D eigenvalue weighted by Gasteiger charge is -2.20. The second kappa shape index (κ2) is 14.2. The lowest BCUT2D eigenvalue weighted by atomic mass is 10.0. The minimum atomic E-state index is -0.406. The number of aryl methyl sites for hydroxylation is 2. The number of anilines is 1. The molecule has 2 aliphatic heterocycles. The maximum Gasteiger partial charge on any atom is 0.354 e. The number of carbonyl (C=O) groups excluding carboxylic acids is 4. The minimum absolute atomic E-state index is 0.0108. The van der Waals surface area contributed by atoms with Gasteiger partial charge in [0.15, 0.2) is 17.3 Å². The topological polar surface area (TPSA) is 133 Å². The summed E-state index contributed by atoms with van der Waals surface area (Å²) in [6.07, 6.45) is 8.09. The normalized spacial score (nSPS) is 15.0. The maximum atomic E-state index is 13.2. The zero-order valence-electron chi connectivity index (χ0n) is 28.0. The third-order valence-corrected chi connectivity index (χ3v) is 8.89. The molecule has 254 valence electrons. The van der Waals surface area contributed by atoms with E-state index in [0.29, 0.717) is 52.8 Å². The highest BCUT2D eigenvalue weighted by atomic mass is 16.5. The molecule has 1 saturated heterocycles. The number of amides is 2. The Bertz CT molecular complexity index is 1940. The Kier molecular flexibility index (Phi) is 9.65. The number of nitrogens with zero attached hydrogens (tertiary/aromatic N) is 4. The van der Waals surface area contributed by atoms with Crippen molar-refractivity contribution in [3.63, 3.8) is 0 Å². The molecule has 2 aromatic heterocycles. The van der Waals surface area contributed by atoms with Crippen molar-refractivity contribution in [3.8, 4) is 22.6 Å². The molecule has 1 atom stereocenters. The number of Topliss-reactive ketones (excluding diaryl/α,β-unsaturated/α-hetero) is 1. The number of fused-ring (bicyclic) bond motifs is 2. The second-order valence-electron chi connectivity index (χ2n) is 12.2. The molecule has 0 unspecified atom stereocenters. The van der Waals surface area contributed by atoms with Crippen LogP contribution in [0.2, 0.25) is 0 Å². The molecule has 6 rings (SSSR count). The average molecular weight is 666 g/mol. The molecule has 1 N–H and O–H groups in total. The Morgan fingerprint density at radius 3 is 2.47 bits per heavy atom. The number of carbonyl (C=O) groups is 4. The van der Waals surface area contributed by atoms with Crippen LogP contribution in [-0.2, 0) is 30.0 Å². The third kappa shape index (κ3) is 7.13. The van der Waals surface area contributed by atoms with Crippen molar-refractivity contribution in [1.29, 1.82) is 0 Å². The van der Waals surface area contributed by atoms with Gasteiger partial charge in [0.05, 0.1) is 49.5 Å². The minimum Gasteiger partial charge on any atom is -0.493 e. The molecule has 0 spiro atoms. The van der Waals surface area contributed by atoms with E-state index in [9.17, 15) is 19.2 Å². The maximum absolute atomic E-state index is 13.2. The van der Waals surface area contributed by atoms with E-state index in [2.05, 4.69) is 10.3 Å². The molecule has 4 aromatic rings. The number of aromatic nitrogens is 2. The smallest absolute Gasteiger partial charge is 0.354 e. The first-order valence-electron chi connectivity index (χ1n) is 16.2. The zero-order chi connectivity index (χ0) is 34.7. The number of rotatable bonds is 12. The van der Waals surface area contributed by atoms with Gasteiger partial charge >= 0.3 is 5.97 Å². The van der Waals surface area contributed by atoms with Crippen molar-refractivity contribution < 1.29 is 33.4 Å². The summed E-state index contributed by atoms with van der Waals surface area (Å²) >= 11 is 0. The van der Waals surface area contributed by atoms with E-state index in [-0.39, 0.29) is 43.1 Å². The monoisotopic (exact) mass is 665 g/mol. The van der Waals surface area contributed by atoms with Crippen LogP contribution >= 0.6 is 0 Å². The highest BCUT2D eigenvalue weighted by Gasteiger charge is 2.32. The molecule has 49 heavy (non-hydrogen) atoms. The van der Waals surface area contributed by atoms with E-state index in [1.54, 1.807) is 53.7 Å². The van der Waals surface area contributed by atoms with Crippen LogP contribution in [0.1, 0.15) is 62.6 Å². The number of aliphatic imine (C=N–C) groups is 1. The highest BCUT2D eigenvalue weighted by Crippen LogP contribution is 2.38. The molecule has 2 aromatic carbocycles. The van der Waals surface area contributed by atoms with Gasteiger partial charge in [0.1, 0.15) is 5.69 Å². The molecule has 1 fully saturated rings. The van der Waals surface area contributed by atoms with E-state index in [1.165, 1.54) is 14.2 Å². The second-order valence-corrected chi connectivity index (χ2v) is 12.2. The number of ether oxygens (including phenoxy) is 3. The van der Waals surface area contributed by atoms with Crippen LogP contribution < -0.4 is 14.8 Å². The molecule has 0 bridgehead atoms. The van der Waals surface area contributed by atoms with Gasteiger partial charge < -0.3 is 33.6 Å². The van der Waals surface area contributed by atoms with Crippen molar-refractivity contribution in [2.24, 2.45) is 19.1 Å². The fraction of sp³-hybridized carbons (Fsp3) is 0.324. The summed E-state index contributed by atoms with van der Waals surface area (Å²) in [7, 11) is 6.42. The quantitative estimate of drug-likeness (QED) is 0.122. The molecule has 12 heteroatoms. The number of hydrogen-bond acceptors (Lipinski definition) is 8. The molecule has 0 aliphatic carbocycles. The zero-order valence-corrected chi connectivity index (χ0v) is 28.0.